The van der Waals surface area contributed by atoms with Gasteiger partial charge in [-0.3, -0.25) is 0 Å². The summed E-state index contributed by atoms with van der Waals surface area (Å²) in [7, 11) is 1.52. The largest absolute Gasteiger partial charge is 0.504 e. The van der Waals surface area contributed by atoms with Crippen LogP contribution in [0.5, 0.6) is 11.5 Å². The van der Waals surface area contributed by atoms with Gasteiger partial charge in [0.15, 0.2) is 11.5 Å². The lowest BCUT2D eigenvalue weighted by Crippen LogP contribution is -2.41. The minimum absolute atomic E-state index is 0.124. The van der Waals surface area contributed by atoms with E-state index in [0.29, 0.717) is 18.7 Å². The van der Waals surface area contributed by atoms with Crippen LogP contribution in [-0.2, 0) is 6.42 Å². The van der Waals surface area contributed by atoms with E-state index in [0.717, 1.165) is 18.4 Å². The van der Waals surface area contributed by atoms with Crippen LogP contribution in [0.15, 0.2) is 18.2 Å². The molecule has 3 N–H and O–H groups in total. The van der Waals surface area contributed by atoms with E-state index in [1.807, 2.05) is 13.0 Å². The first-order valence-electron chi connectivity index (χ1n) is 8.47. The van der Waals surface area contributed by atoms with E-state index in [-0.39, 0.29) is 17.8 Å². The van der Waals surface area contributed by atoms with Gasteiger partial charge in [-0.1, -0.05) is 38.7 Å². The van der Waals surface area contributed by atoms with E-state index in [9.17, 15) is 9.90 Å². The van der Waals surface area contributed by atoms with Crippen molar-refractivity contribution in [3.63, 3.8) is 0 Å². The third-order valence-electron chi connectivity index (χ3n) is 3.81. The van der Waals surface area contributed by atoms with Gasteiger partial charge in [-0.05, 0) is 37.5 Å². The number of urea groups is 1. The van der Waals surface area contributed by atoms with Gasteiger partial charge in [0, 0.05) is 12.6 Å². The summed E-state index contributed by atoms with van der Waals surface area (Å²) in [6, 6.07) is 5.28. The SMILES string of the molecule is CCCCCCC(C)NC(=O)NCCc1ccc(O)c(OC)c1. The van der Waals surface area contributed by atoms with Crippen molar-refractivity contribution in [3.8, 4) is 11.5 Å². The molecule has 0 bridgehead atoms. The molecule has 5 nitrogen and oxygen atoms in total. The third kappa shape index (κ3) is 7.77. The second-order valence-electron chi connectivity index (χ2n) is 5.91. The van der Waals surface area contributed by atoms with Crippen LogP contribution in [0.4, 0.5) is 4.79 Å². The van der Waals surface area contributed by atoms with Gasteiger partial charge >= 0.3 is 6.03 Å². The first-order chi connectivity index (χ1) is 11.1. The number of phenolic OH excluding ortho intramolecular Hbond substituents is 1. The molecule has 0 aliphatic heterocycles. The molecule has 130 valence electrons. The highest BCUT2D eigenvalue weighted by atomic mass is 16.5. The lowest BCUT2D eigenvalue weighted by molar-refractivity contribution is 0.237. The number of nitrogens with one attached hydrogen (secondary N) is 2. The van der Waals surface area contributed by atoms with Crippen molar-refractivity contribution in [2.24, 2.45) is 0 Å². The summed E-state index contributed by atoms with van der Waals surface area (Å²) < 4.78 is 5.07. The number of ether oxygens (including phenoxy) is 1. The number of methoxy groups -OCH3 is 1. The molecular weight excluding hydrogens is 292 g/mol. The van der Waals surface area contributed by atoms with Crippen LogP contribution in [0.3, 0.4) is 0 Å². The number of rotatable bonds is 10. The van der Waals surface area contributed by atoms with Crippen molar-refractivity contribution in [1.29, 1.82) is 0 Å². The van der Waals surface area contributed by atoms with Gasteiger partial charge in [0.05, 0.1) is 7.11 Å². The fourth-order valence-corrected chi connectivity index (χ4v) is 2.42. The maximum atomic E-state index is 11.8. The average molecular weight is 322 g/mol. The number of unbranched alkanes of at least 4 members (excludes halogenated alkanes) is 3. The Hall–Kier alpha value is -1.91. The zero-order chi connectivity index (χ0) is 17.1. The molecule has 1 atom stereocenters. The Balaban J connectivity index is 2.23. The highest BCUT2D eigenvalue weighted by Crippen LogP contribution is 2.26. The Bertz CT molecular complexity index is 477. The van der Waals surface area contributed by atoms with Crippen molar-refractivity contribution in [2.75, 3.05) is 13.7 Å². The third-order valence-corrected chi connectivity index (χ3v) is 3.81. The predicted molar refractivity (Wildman–Crippen MR) is 93.1 cm³/mol. The van der Waals surface area contributed by atoms with Crippen LogP contribution >= 0.6 is 0 Å². The summed E-state index contributed by atoms with van der Waals surface area (Å²) >= 11 is 0. The molecule has 1 unspecified atom stereocenters. The first kappa shape index (κ1) is 19.1. The van der Waals surface area contributed by atoms with E-state index in [4.69, 9.17) is 4.74 Å². The van der Waals surface area contributed by atoms with Crippen LogP contribution in [0.25, 0.3) is 0 Å². The van der Waals surface area contributed by atoms with Gasteiger partial charge in [0.25, 0.3) is 0 Å². The van der Waals surface area contributed by atoms with E-state index in [1.165, 1.54) is 26.4 Å². The number of carbonyl (C=O) groups excluding carboxylic acids is 1. The first-order valence-corrected chi connectivity index (χ1v) is 8.47. The number of benzene rings is 1. The number of amides is 2. The molecule has 1 rings (SSSR count). The molecule has 0 fully saturated rings. The fraction of sp³-hybridized carbons (Fsp3) is 0.611. The quantitative estimate of drug-likeness (QED) is 0.576. The highest BCUT2D eigenvalue weighted by molar-refractivity contribution is 5.74. The van der Waals surface area contributed by atoms with Crippen LogP contribution < -0.4 is 15.4 Å². The molecule has 1 aromatic carbocycles. The number of phenols is 1. The van der Waals surface area contributed by atoms with Gasteiger partial charge < -0.3 is 20.5 Å². The second-order valence-corrected chi connectivity index (χ2v) is 5.91. The van der Waals surface area contributed by atoms with Crippen molar-refractivity contribution in [3.05, 3.63) is 23.8 Å². The van der Waals surface area contributed by atoms with Gasteiger partial charge in [0.1, 0.15) is 0 Å². The smallest absolute Gasteiger partial charge is 0.315 e. The number of carbonyl (C=O) groups is 1. The molecule has 0 aliphatic carbocycles. The van der Waals surface area contributed by atoms with Gasteiger partial charge in [-0.2, -0.15) is 0 Å². The molecule has 0 spiro atoms. The van der Waals surface area contributed by atoms with Crippen molar-refractivity contribution >= 4 is 6.03 Å². The molecule has 0 saturated heterocycles. The van der Waals surface area contributed by atoms with E-state index in [1.54, 1.807) is 12.1 Å². The Morgan fingerprint density at radius 3 is 2.78 bits per heavy atom. The number of aromatic hydroxyl groups is 1. The monoisotopic (exact) mass is 322 g/mol. The Kier molecular flexibility index (Phi) is 8.95. The van der Waals surface area contributed by atoms with E-state index in [2.05, 4.69) is 17.6 Å². The van der Waals surface area contributed by atoms with Gasteiger partial charge in [-0.15, -0.1) is 0 Å². The molecule has 0 aliphatic rings. The number of hydrogen-bond acceptors (Lipinski definition) is 3. The Labute approximate surface area is 139 Å². The maximum absolute atomic E-state index is 11.8. The van der Waals surface area contributed by atoms with Crippen LogP contribution in [0.1, 0.15) is 51.5 Å². The predicted octanol–water partition coefficient (Wildman–Crippen LogP) is 3.60. The molecule has 0 aromatic heterocycles. The Morgan fingerprint density at radius 1 is 1.30 bits per heavy atom. The molecule has 5 heteroatoms. The second kappa shape index (κ2) is 10.8. The zero-order valence-electron chi connectivity index (χ0n) is 14.5. The van der Waals surface area contributed by atoms with Crippen molar-refractivity contribution in [2.45, 2.75) is 58.4 Å². The molecule has 1 aromatic rings. The summed E-state index contributed by atoms with van der Waals surface area (Å²) in [5, 5.41) is 15.4. The summed E-state index contributed by atoms with van der Waals surface area (Å²) in [5.41, 5.74) is 1.01. The summed E-state index contributed by atoms with van der Waals surface area (Å²) in [6.45, 7) is 4.78. The van der Waals surface area contributed by atoms with Gasteiger partial charge in [-0.25, -0.2) is 4.79 Å². The summed E-state index contributed by atoms with van der Waals surface area (Å²) in [6.07, 6.45) is 6.58. The summed E-state index contributed by atoms with van der Waals surface area (Å²) in [4.78, 5) is 11.8. The summed E-state index contributed by atoms with van der Waals surface area (Å²) in [5.74, 6) is 0.575. The molecular formula is C18H30N2O3. The van der Waals surface area contributed by atoms with Gasteiger partial charge in [0.2, 0.25) is 0 Å². The molecule has 2 amide bonds. The topological polar surface area (TPSA) is 70.6 Å². The molecule has 0 heterocycles. The molecule has 23 heavy (non-hydrogen) atoms. The number of hydrogen-bond donors (Lipinski definition) is 3. The minimum atomic E-state index is -0.126. The standard InChI is InChI=1S/C18H30N2O3/c1-4-5-6-7-8-14(2)20-18(22)19-12-11-15-9-10-16(21)17(13-15)23-3/h9-10,13-14,21H,4-8,11-12H2,1-3H3,(H2,19,20,22). The maximum Gasteiger partial charge on any atom is 0.315 e. The molecule has 0 radical (unpaired) electrons. The zero-order valence-corrected chi connectivity index (χ0v) is 14.5. The highest BCUT2D eigenvalue weighted by Gasteiger charge is 2.07. The molecule has 0 saturated carbocycles. The van der Waals surface area contributed by atoms with E-state index >= 15 is 0 Å². The van der Waals surface area contributed by atoms with Crippen molar-refractivity contribution in [1.82, 2.24) is 10.6 Å². The Morgan fingerprint density at radius 2 is 2.09 bits per heavy atom. The lowest BCUT2D eigenvalue weighted by atomic mass is 10.1. The van der Waals surface area contributed by atoms with Crippen LogP contribution in [-0.4, -0.2) is 30.8 Å². The van der Waals surface area contributed by atoms with Crippen LogP contribution in [0.2, 0.25) is 0 Å². The lowest BCUT2D eigenvalue weighted by Gasteiger charge is -2.14. The fourth-order valence-electron chi connectivity index (χ4n) is 2.42. The average Bonchev–Trinajstić information content (AvgIpc) is 2.53. The normalized spacial score (nSPS) is 11.8. The minimum Gasteiger partial charge on any atom is -0.504 e. The van der Waals surface area contributed by atoms with E-state index < -0.39 is 0 Å². The van der Waals surface area contributed by atoms with Crippen LogP contribution in [0, 0.1) is 0 Å². The van der Waals surface area contributed by atoms with Crippen molar-refractivity contribution < 1.29 is 14.6 Å².